The highest BCUT2D eigenvalue weighted by atomic mass is 16.5. The van der Waals surface area contributed by atoms with E-state index in [0.29, 0.717) is 11.1 Å². The van der Waals surface area contributed by atoms with Crippen LogP contribution in [0.4, 0.5) is 5.69 Å². The summed E-state index contributed by atoms with van der Waals surface area (Å²) in [5, 5.41) is 0. The van der Waals surface area contributed by atoms with Crippen molar-refractivity contribution in [2.45, 2.75) is 12.1 Å². The van der Waals surface area contributed by atoms with Gasteiger partial charge in [0.25, 0.3) is 17.6 Å². The normalized spacial score (nSPS) is 19.7. The van der Waals surface area contributed by atoms with Crippen molar-refractivity contribution in [1.29, 1.82) is 0 Å². The van der Waals surface area contributed by atoms with Crippen molar-refractivity contribution in [3.05, 3.63) is 95.6 Å². The van der Waals surface area contributed by atoms with E-state index < -0.39 is 6.04 Å². The number of amides is 2. The largest absolute Gasteiger partial charge is 0.497 e. The Bertz CT molecular complexity index is 1200. The molecule has 6 heteroatoms. The number of methoxy groups -OCH3 is 1. The summed E-state index contributed by atoms with van der Waals surface area (Å²) in [4.78, 5) is 30.3. The number of carbonyl (C=O) groups is 2. The van der Waals surface area contributed by atoms with Crippen molar-refractivity contribution >= 4 is 23.3 Å². The summed E-state index contributed by atoms with van der Waals surface area (Å²) >= 11 is 0. The predicted molar refractivity (Wildman–Crippen MR) is 123 cm³/mol. The van der Waals surface area contributed by atoms with Crippen LogP contribution in [0.5, 0.6) is 5.75 Å². The van der Waals surface area contributed by atoms with Gasteiger partial charge in [0.1, 0.15) is 11.4 Å². The fraction of sp³-hybridized carbons (Fsp3) is 0.192. The van der Waals surface area contributed by atoms with Crippen molar-refractivity contribution in [3.8, 4) is 5.75 Å². The molecule has 0 N–H and O–H groups in total. The average Bonchev–Trinajstić information content (AvgIpc) is 3.05. The lowest BCUT2D eigenvalue weighted by Gasteiger charge is -2.46. The molecule has 3 aromatic carbocycles. The first-order valence-electron chi connectivity index (χ1n) is 10.5. The van der Waals surface area contributed by atoms with Crippen LogP contribution in [0.1, 0.15) is 32.3 Å². The van der Waals surface area contributed by atoms with Gasteiger partial charge in [-0.05, 0) is 42.0 Å². The highest BCUT2D eigenvalue weighted by Crippen LogP contribution is 2.44. The van der Waals surface area contributed by atoms with E-state index in [2.05, 4.69) is 4.90 Å². The molecular weight excluding hydrogens is 402 g/mol. The summed E-state index contributed by atoms with van der Waals surface area (Å²) in [6, 6.07) is 24.3. The summed E-state index contributed by atoms with van der Waals surface area (Å²) in [6.45, 7) is 0. The molecule has 0 spiro atoms. The summed E-state index contributed by atoms with van der Waals surface area (Å²) in [6.07, 6.45) is 0. The van der Waals surface area contributed by atoms with Crippen LogP contribution in [0.25, 0.3) is 0 Å². The Morgan fingerprint density at radius 2 is 1.28 bits per heavy atom. The standard InChI is InChI=1S/C26H24N3O3/c1-27(2)24-23(29-25(30)20-11-7-8-12-21(20)26(29)31)22(17-9-5-4-6-10-17)28(24)18-13-15-19(32-3)16-14-18/h4-16,22-23H,1-3H3/q+1/t22-,23+/m1/s1. The minimum atomic E-state index is -0.415. The fourth-order valence-corrected chi connectivity index (χ4v) is 4.70. The van der Waals surface area contributed by atoms with Gasteiger partial charge in [0.05, 0.1) is 32.3 Å². The summed E-state index contributed by atoms with van der Waals surface area (Å²) in [5.74, 6) is 1.17. The maximum absolute atomic E-state index is 13.4. The zero-order chi connectivity index (χ0) is 22.4. The molecule has 0 aliphatic carbocycles. The number of amidine groups is 1. The Labute approximate surface area is 187 Å². The van der Waals surface area contributed by atoms with Crippen molar-refractivity contribution < 1.29 is 18.9 Å². The SMILES string of the molecule is COc1ccc(N2C(=[N+](C)C)[C@@H](N3C(=O)c4ccccc4C3=O)[C@H]2c2ccccc2)cc1. The number of rotatable bonds is 4. The lowest BCUT2D eigenvalue weighted by atomic mass is 9.85. The van der Waals surface area contributed by atoms with Gasteiger partial charge >= 0.3 is 0 Å². The molecule has 2 atom stereocenters. The zero-order valence-corrected chi connectivity index (χ0v) is 18.2. The second-order valence-corrected chi connectivity index (χ2v) is 8.15. The van der Waals surface area contributed by atoms with Crippen LogP contribution < -0.4 is 9.64 Å². The molecule has 5 rings (SSSR count). The molecule has 2 amide bonds. The van der Waals surface area contributed by atoms with Crippen LogP contribution in [-0.4, -0.2) is 54.4 Å². The predicted octanol–water partition coefficient (Wildman–Crippen LogP) is 3.59. The highest BCUT2D eigenvalue weighted by Gasteiger charge is 2.61. The molecule has 0 saturated carbocycles. The number of benzene rings is 3. The molecule has 6 nitrogen and oxygen atoms in total. The summed E-state index contributed by atoms with van der Waals surface area (Å²) < 4.78 is 7.30. The van der Waals surface area contributed by atoms with Crippen molar-refractivity contribution in [2.24, 2.45) is 0 Å². The van der Waals surface area contributed by atoms with E-state index in [9.17, 15) is 9.59 Å². The summed E-state index contributed by atoms with van der Waals surface area (Å²) in [5.41, 5.74) is 2.93. The minimum absolute atomic E-state index is 0.204. The van der Waals surface area contributed by atoms with E-state index in [1.165, 1.54) is 4.90 Å². The number of hydrogen-bond acceptors (Lipinski definition) is 3. The van der Waals surface area contributed by atoms with Gasteiger partial charge in [0.2, 0.25) is 0 Å². The van der Waals surface area contributed by atoms with E-state index in [-0.39, 0.29) is 17.9 Å². The molecule has 3 aromatic rings. The van der Waals surface area contributed by atoms with Crippen molar-refractivity contribution in [3.63, 3.8) is 0 Å². The van der Waals surface area contributed by atoms with Gasteiger partial charge in [-0.15, -0.1) is 0 Å². The third-order valence-electron chi connectivity index (χ3n) is 6.14. The first-order chi connectivity index (χ1) is 15.5. The van der Waals surface area contributed by atoms with Crippen LogP contribution >= 0.6 is 0 Å². The van der Waals surface area contributed by atoms with Gasteiger partial charge in [-0.25, -0.2) is 4.90 Å². The van der Waals surface area contributed by atoms with Crippen LogP contribution in [0.2, 0.25) is 0 Å². The van der Waals surface area contributed by atoms with E-state index in [1.54, 1.807) is 31.4 Å². The number of anilines is 1. The lowest BCUT2D eigenvalue weighted by molar-refractivity contribution is -0.470. The van der Waals surface area contributed by atoms with Crippen molar-refractivity contribution in [2.75, 3.05) is 26.1 Å². The zero-order valence-electron chi connectivity index (χ0n) is 18.2. The van der Waals surface area contributed by atoms with E-state index in [4.69, 9.17) is 4.74 Å². The van der Waals surface area contributed by atoms with Crippen LogP contribution in [0.3, 0.4) is 0 Å². The minimum Gasteiger partial charge on any atom is -0.497 e. The molecule has 0 bridgehead atoms. The number of imide groups is 1. The van der Waals surface area contributed by atoms with Crippen LogP contribution in [-0.2, 0) is 0 Å². The molecule has 2 heterocycles. The van der Waals surface area contributed by atoms with Crippen molar-refractivity contribution in [1.82, 2.24) is 4.90 Å². The van der Waals surface area contributed by atoms with E-state index >= 15 is 0 Å². The van der Waals surface area contributed by atoms with Gasteiger partial charge in [-0.1, -0.05) is 42.5 Å². The molecule has 32 heavy (non-hydrogen) atoms. The van der Waals surface area contributed by atoms with Crippen LogP contribution in [0, 0.1) is 0 Å². The first-order valence-corrected chi connectivity index (χ1v) is 10.5. The first kappa shape index (κ1) is 20.0. The fourth-order valence-electron chi connectivity index (χ4n) is 4.70. The average molecular weight is 426 g/mol. The molecule has 0 aromatic heterocycles. The second-order valence-electron chi connectivity index (χ2n) is 8.15. The highest BCUT2D eigenvalue weighted by molar-refractivity contribution is 6.24. The number of nitrogens with zero attached hydrogens (tertiary/aromatic N) is 3. The molecule has 1 fully saturated rings. The second kappa shape index (κ2) is 7.64. The third kappa shape index (κ3) is 2.91. The Hall–Kier alpha value is -3.93. The number of ether oxygens (including phenoxy) is 1. The Balaban J connectivity index is 1.64. The van der Waals surface area contributed by atoms with Crippen LogP contribution in [0.15, 0.2) is 78.9 Å². The molecule has 1 saturated heterocycles. The molecule has 160 valence electrons. The maximum atomic E-state index is 13.4. The maximum Gasteiger partial charge on any atom is 0.280 e. The Kier molecular flexibility index (Phi) is 4.78. The number of hydrogen-bond donors (Lipinski definition) is 0. The topological polar surface area (TPSA) is 52.9 Å². The monoisotopic (exact) mass is 426 g/mol. The molecule has 0 unspecified atom stereocenters. The Morgan fingerprint density at radius 1 is 0.719 bits per heavy atom. The Morgan fingerprint density at radius 3 is 1.81 bits per heavy atom. The molecule has 2 aliphatic heterocycles. The number of fused-ring (bicyclic) bond motifs is 1. The van der Waals surface area contributed by atoms with Gasteiger partial charge < -0.3 is 4.74 Å². The summed E-state index contributed by atoms with van der Waals surface area (Å²) in [7, 11) is 5.53. The van der Waals surface area contributed by atoms with Gasteiger partial charge in [0.15, 0.2) is 12.1 Å². The van der Waals surface area contributed by atoms with Gasteiger partial charge in [0, 0.05) is 0 Å². The molecule has 0 radical (unpaired) electrons. The van der Waals surface area contributed by atoms with E-state index in [0.717, 1.165) is 22.8 Å². The quantitative estimate of drug-likeness (QED) is 0.473. The van der Waals surface area contributed by atoms with E-state index in [1.807, 2.05) is 73.3 Å². The molecule has 2 aliphatic rings. The number of carbonyl (C=O) groups excluding carboxylic acids is 2. The van der Waals surface area contributed by atoms with Gasteiger partial charge in [-0.3, -0.25) is 19.1 Å². The smallest absolute Gasteiger partial charge is 0.280 e. The third-order valence-corrected chi connectivity index (χ3v) is 6.14. The lowest BCUT2D eigenvalue weighted by Crippen LogP contribution is -2.69. The van der Waals surface area contributed by atoms with Gasteiger partial charge in [-0.2, -0.15) is 0 Å². The molecular formula is C26H24N3O3+.